The monoisotopic (exact) mass is 365 g/mol. The summed E-state index contributed by atoms with van der Waals surface area (Å²) in [5.74, 6) is -1.13. The molecule has 0 unspecified atom stereocenters. The maximum absolute atomic E-state index is 12.1. The van der Waals surface area contributed by atoms with E-state index in [1.807, 2.05) is 30.3 Å². The summed E-state index contributed by atoms with van der Waals surface area (Å²) in [6.07, 6.45) is 0.669. The van der Waals surface area contributed by atoms with Crippen LogP contribution in [0.2, 0.25) is 0 Å². The van der Waals surface area contributed by atoms with Gasteiger partial charge in [0, 0.05) is 18.4 Å². The number of nitrogens with one attached hydrogen (secondary N) is 2. The molecule has 1 heterocycles. The van der Waals surface area contributed by atoms with E-state index in [1.165, 1.54) is 4.90 Å². The van der Waals surface area contributed by atoms with Gasteiger partial charge in [-0.3, -0.25) is 34.9 Å². The number of carbonyl (C=O) groups is 4. The van der Waals surface area contributed by atoms with Crippen molar-refractivity contribution in [3.63, 3.8) is 0 Å². The van der Waals surface area contributed by atoms with E-state index in [4.69, 9.17) is 0 Å². The van der Waals surface area contributed by atoms with Crippen LogP contribution < -0.4 is 10.9 Å². The lowest BCUT2D eigenvalue weighted by atomic mass is 10.1. The van der Waals surface area contributed by atoms with E-state index in [-0.39, 0.29) is 43.5 Å². The third-order valence-corrected chi connectivity index (χ3v) is 4.23. The summed E-state index contributed by atoms with van der Waals surface area (Å²) in [5, 5.41) is 0. The number of benzene rings is 2. The first-order valence-corrected chi connectivity index (χ1v) is 8.58. The Morgan fingerprint density at radius 2 is 1.44 bits per heavy atom. The van der Waals surface area contributed by atoms with Crippen molar-refractivity contribution in [1.29, 1.82) is 0 Å². The second kappa shape index (κ2) is 8.27. The van der Waals surface area contributed by atoms with Gasteiger partial charge < -0.3 is 0 Å². The van der Waals surface area contributed by atoms with Gasteiger partial charge in [0.25, 0.3) is 5.91 Å². The Morgan fingerprint density at radius 1 is 0.815 bits per heavy atom. The van der Waals surface area contributed by atoms with Gasteiger partial charge in [-0.2, -0.15) is 0 Å². The van der Waals surface area contributed by atoms with Crippen molar-refractivity contribution >= 4 is 23.6 Å². The summed E-state index contributed by atoms with van der Waals surface area (Å²) < 4.78 is 0. The van der Waals surface area contributed by atoms with Crippen molar-refractivity contribution < 1.29 is 19.2 Å². The molecule has 1 aliphatic heterocycles. The van der Waals surface area contributed by atoms with Crippen molar-refractivity contribution in [2.24, 2.45) is 0 Å². The van der Waals surface area contributed by atoms with Crippen LogP contribution in [0.5, 0.6) is 0 Å². The summed E-state index contributed by atoms with van der Waals surface area (Å²) in [6.45, 7) is 0.202. The maximum Gasteiger partial charge on any atom is 0.269 e. The highest BCUT2D eigenvalue weighted by molar-refractivity contribution is 6.01. The van der Waals surface area contributed by atoms with E-state index in [0.717, 1.165) is 11.1 Å². The molecule has 0 atom stereocenters. The van der Waals surface area contributed by atoms with Crippen molar-refractivity contribution in [2.45, 2.75) is 25.8 Å². The van der Waals surface area contributed by atoms with Crippen LogP contribution in [0, 0.1) is 0 Å². The first kappa shape index (κ1) is 18.3. The first-order valence-electron chi connectivity index (χ1n) is 8.58. The summed E-state index contributed by atoms with van der Waals surface area (Å²) in [6, 6.07) is 15.7. The number of hydrogen-bond donors (Lipinski definition) is 2. The van der Waals surface area contributed by atoms with Gasteiger partial charge in [-0.25, -0.2) is 0 Å². The highest BCUT2D eigenvalue weighted by atomic mass is 16.2. The lowest BCUT2D eigenvalue weighted by Gasteiger charge is -2.14. The smallest absolute Gasteiger partial charge is 0.269 e. The molecule has 7 heteroatoms. The van der Waals surface area contributed by atoms with Gasteiger partial charge in [0.2, 0.25) is 17.7 Å². The second-order valence-corrected chi connectivity index (χ2v) is 6.24. The van der Waals surface area contributed by atoms with Crippen LogP contribution in [-0.4, -0.2) is 28.5 Å². The Kier molecular flexibility index (Phi) is 5.61. The zero-order chi connectivity index (χ0) is 19.2. The Hall–Kier alpha value is -3.48. The normalized spacial score (nSPS) is 13.6. The molecule has 2 aromatic carbocycles. The Morgan fingerprint density at radius 3 is 2.07 bits per heavy atom. The Bertz CT molecular complexity index is 847. The van der Waals surface area contributed by atoms with Crippen molar-refractivity contribution in [3.05, 3.63) is 71.3 Å². The molecular formula is C20H19N3O4. The molecular weight excluding hydrogens is 346 g/mol. The molecule has 0 bridgehead atoms. The number of rotatable bonds is 5. The van der Waals surface area contributed by atoms with Crippen molar-refractivity contribution in [1.82, 2.24) is 15.8 Å². The van der Waals surface area contributed by atoms with E-state index in [1.54, 1.807) is 24.3 Å². The Balaban J connectivity index is 1.51. The standard InChI is InChI=1S/C20H19N3O4/c24-17(12-14-4-2-1-3-5-14)21-22-20(27)16-8-6-15(7-9-16)13-23-18(25)10-11-19(23)26/h1-9H,10-13H2,(H,21,24)(H,22,27). The SMILES string of the molecule is O=C(Cc1ccccc1)NNC(=O)c1ccc(CN2C(=O)CCC2=O)cc1. The minimum absolute atomic E-state index is 0.165. The molecule has 1 aliphatic rings. The highest BCUT2D eigenvalue weighted by Gasteiger charge is 2.28. The predicted molar refractivity (Wildman–Crippen MR) is 97.0 cm³/mol. The second-order valence-electron chi connectivity index (χ2n) is 6.24. The molecule has 0 spiro atoms. The molecule has 2 N–H and O–H groups in total. The van der Waals surface area contributed by atoms with Crippen molar-refractivity contribution in [2.75, 3.05) is 0 Å². The number of carbonyl (C=O) groups excluding carboxylic acids is 4. The van der Waals surface area contributed by atoms with E-state index in [2.05, 4.69) is 10.9 Å². The topological polar surface area (TPSA) is 95.6 Å². The molecule has 7 nitrogen and oxygen atoms in total. The third kappa shape index (κ3) is 4.78. The predicted octanol–water partition coefficient (Wildman–Crippen LogP) is 1.34. The van der Waals surface area contributed by atoms with E-state index >= 15 is 0 Å². The van der Waals surface area contributed by atoms with Gasteiger partial charge in [-0.1, -0.05) is 42.5 Å². The fourth-order valence-corrected chi connectivity index (χ4v) is 2.77. The summed E-state index contributed by atoms with van der Waals surface area (Å²) in [7, 11) is 0. The molecule has 0 aliphatic carbocycles. The molecule has 138 valence electrons. The number of hydrogen-bond acceptors (Lipinski definition) is 4. The number of nitrogens with zero attached hydrogens (tertiary/aromatic N) is 1. The molecule has 0 aromatic heterocycles. The minimum Gasteiger partial charge on any atom is -0.278 e. The van der Waals surface area contributed by atoms with Crippen molar-refractivity contribution in [3.8, 4) is 0 Å². The lowest BCUT2D eigenvalue weighted by Crippen LogP contribution is -2.42. The van der Waals surface area contributed by atoms with Gasteiger partial charge >= 0.3 is 0 Å². The first-order chi connectivity index (χ1) is 13.0. The van der Waals surface area contributed by atoms with Gasteiger partial charge in [-0.05, 0) is 23.3 Å². The van der Waals surface area contributed by atoms with Crippen LogP contribution in [0.25, 0.3) is 0 Å². The average molecular weight is 365 g/mol. The van der Waals surface area contributed by atoms with Crippen LogP contribution in [0.4, 0.5) is 0 Å². The fraction of sp³-hybridized carbons (Fsp3) is 0.200. The molecule has 1 fully saturated rings. The molecule has 1 saturated heterocycles. The number of hydrazine groups is 1. The lowest BCUT2D eigenvalue weighted by molar-refractivity contribution is -0.139. The third-order valence-electron chi connectivity index (χ3n) is 4.23. The zero-order valence-electron chi connectivity index (χ0n) is 14.6. The van der Waals surface area contributed by atoms with E-state index < -0.39 is 5.91 Å². The van der Waals surface area contributed by atoms with Crippen LogP contribution in [0.15, 0.2) is 54.6 Å². The van der Waals surface area contributed by atoms with E-state index in [0.29, 0.717) is 5.56 Å². The number of likely N-dealkylation sites (tertiary alicyclic amines) is 1. The fourth-order valence-electron chi connectivity index (χ4n) is 2.77. The molecule has 27 heavy (non-hydrogen) atoms. The molecule has 3 rings (SSSR count). The highest BCUT2D eigenvalue weighted by Crippen LogP contribution is 2.16. The zero-order valence-corrected chi connectivity index (χ0v) is 14.6. The molecule has 4 amide bonds. The van der Waals surface area contributed by atoms with Crippen LogP contribution in [0.3, 0.4) is 0 Å². The minimum atomic E-state index is -0.448. The van der Waals surface area contributed by atoms with Gasteiger partial charge in [-0.15, -0.1) is 0 Å². The van der Waals surface area contributed by atoms with Gasteiger partial charge in [0.15, 0.2) is 0 Å². The maximum atomic E-state index is 12.1. The van der Waals surface area contributed by atoms with Crippen LogP contribution >= 0.6 is 0 Å². The van der Waals surface area contributed by atoms with E-state index in [9.17, 15) is 19.2 Å². The quantitative estimate of drug-likeness (QED) is 0.617. The van der Waals surface area contributed by atoms with Crippen LogP contribution in [-0.2, 0) is 27.3 Å². The molecule has 2 aromatic rings. The largest absolute Gasteiger partial charge is 0.278 e. The summed E-state index contributed by atoms with van der Waals surface area (Å²) >= 11 is 0. The Labute approximate surface area is 156 Å². The number of amides is 4. The van der Waals surface area contributed by atoms with Gasteiger partial charge in [0.05, 0.1) is 13.0 Å². The summed E-state index contributed by atoms with van der Waals surface area (Å²) in [5.41, 5.74) is 6.71. The number of imide groups is 1. The molecule has 0 saturated carbocycles. The average Bonchev–Trinajstić information content (AvgIpc) is 2.99. The van der Waals surface area contributed by atoms with Crippen LogP contribution in [0.1, 0.15) is 34.3 Å². The molecule has 0 radical (unpaired) electrons. The van der Waals surface area contributed by atoms with Gasteiger partial charge in [0.1, 0.15) is 0 Å². The summed E-state index contributed by atoms with van der Waals surface area (Å²) in [4.78, 5) is 48.5.